The summed E-state index contributed by atoms with van der Waals surface area (Å²) in [6.07, 6.45) is -0.172. The number of rotatable bonds is 4. The minimum absolute atomic E-state index is 0.0619. The van der Waals surface area contributed by atoms with Crippen molar-refractivity contribution in [2.45, 2.75) is 24.3 Å². The highest BCUT2D eigenvalue weighted by molar-refractivity contribution is 7.89. The van der Waals surface area contributed by atoms with Crippen LogP contribution in [0, 0.1) is 0 Å². The number of hydrogen-bond acceptors (Lipinski definition) is 4. The molecule has 1 rings (SSSR count). The predicted octanol–water partition coefficient (Wildman–Crippen LogP) is 0.266. The Morgan fingerprint density at radius 2 is 2.12 bits per heavy atom. The van der Waals surface area contributed by atoms with Crippen molar-refractivity contribution in [1.29, 1.82) is 0 Å². The highest BCUT2D eigenvalue weighted by Crippen LogP contribution is 2.24. The summed E-state index contributed by atoms with van der Waals surface area (Å²) in [7, 11) is -2.44. The van der Waals surface area contributed by atoms with Crippen LogP contribution in [-0.4, -0.2) is 26.7 Å². The van der Waals surface area contributed by atoms with E-state index in [-0.39, 0.29) is 10.6 Å². The molecular formula is C10H15NO4S. The first-order valence-electron chi connectivity index (χ1n) is 4.72. The molecule has 3 N–H and O–H groups in total. The number of aliphatic hydroxyl groups is 1. The minimum atomic E-state index is -3.81. The van der Waals surface area contributed by atoms with Gasteiger partial charge in [0.15, 0.2) is 0 Å². The van der Waals surface area contributed by atoms with Crippen LogP contribution < -0.4 is 9.88 Å². The SMILES string of the molecule is COc1ccc(C[C@@H](C)O)cc1S(N)(=O)=O. The molecule has 0 unspecified atom stereocenters. The molecule has 0 bridgehead atoms. The Morgan fingerprint density at radius 1 is 1.50 bits per heavy atom. The fraction of sp³-hybridized carbons (Fsp3) is 0.400. The maximum Gasteiger partial charge on any atom is 0.241 e. The lowest BCUT2D eigenvalue weighted by Gasteiger charge is -2.10. The van der Waals surface area contributed by atoms with Crippen molar-refractivity contribution in [1.82, 2.24) is 0 Å². The molecule has 0 aliphatic rings. The summed E-state index contributed by atoms with van der Waals surface area (Å²) >= 11 is 0. The molecule has 0 saturated carbocycles. The van der Waals surface area contributed by atoms with Gasteiger partial charge in [-0.15, -0.1) is 0 Å². The molecule has 1 atom stereocenters. The van der Waals surface area contributed by atoms with Crippen molar-refractivity contribution >= 4 is 10.0 Å². The molecule has 0 saturated heterocycles. The Kier molecular flexibility index (Phi) is 3.90. The molecule has 90 valence electrons. The van der Waals surface area contributed by atoms with E-state index in [9.17, 15) is 13.5 Å². The maximum atomic E-state index is 11.3. The number of benzene rings is 1. The molecule has 0 aliphatic carbocycles. The van der Waals surface area contributed by atoms with E-state index in [1.54, 1.807) is 13.0 Å². The fourth-order valence-corrected chi connectivity index (χ4v) is 2.16. The number of aliphatic hydroxyl groups excluding tert-OH is 1. The van der Waals surface area contributed by atoms with Crippen molar-refractivity contribution < 1.29 is 18.3 Å². The predicted molar refractivity (Wildman–Crippen MR) is 59.8 cm³/mol. The molecular weight excluding hydrogens is 230 g/mol. The quantitative estimate of drug-likeness (QED) is 0.796. The van der Waals surface area contributed by atoms with Gasteiger partial charge in [-0.1, -0.05) is 6.07 Å². The zero-order valence-electron chi connectivity index (χ0n) is 9.17. The summed E-state index contributed by atoms with van der Waals surface area (Å²) in [5.74, 6) is 0.205. The number of ether oxygens (including phenoxy) is 1. The third kappa shape index (κ3) is 3.19. The van der Waals surface area contributed by atoms with Gasteiger partial charge in [0.25, 0.3) is 0 Å². The van der Waals surface area contributed by atoms with Gasteiger partial charge in [-0.25, -0.2) is 13.6 Å². The average Bonchev–Trinajstić information content (AvgIpc) is 2.15. The van der Waals surface area contributed by atoms with Crippen LogP contribution in [0.3, 0.4) is 0 Å². The van der Waals surface area contributed by atoms with Gasteiger partial charge in [0, 0.05) is 0 Å². The first kappa shape index (κ1) is 13.0. The van der Waals surface area contributed by atoms with Gasteiger partial charge >= 0.3 is 0 Å². The standard InChI is InChI=1S/C10H15NO4S/c1-7(12)5-8-3-4-9(15-2)10(6-8)16(11,13)14/h3-4,6-7,12H,5H2,1-2H3,(H2,11,13,14)/t7-/m1/s1. The minimum Gasteiger partial charge on any atom is -0.495 e. The summed E-state index contributed by atoms with van der Waals surface area (Å²) in [6.45, 7) is 1.63. The van der Waals surface area contributed by atoms with Crippen LogP contribution in [0.25, 0.3) is 0 Å². The van der Waals surface area contributed by atoms with Crippen LogP contribution in [0.1, 0.15) is 12.5 Å². The molecule has 0 aliphatic heterocycles. The van der Waals surface area contributed by atoms with Gasteiger partial charge < -0.3 is 9.84 Å². The average molecular weight is 245 g/mol. The largest absolute Gasteiger partial charge is 0.495 e. The van der Waals surface area contributed by atoms with Crippen LogP contribution in [0.5, 0.6) is 5.75 Å². The second-order valence-corrected chi connectivity index (χ2v) is 5.11. The van der Waals surface area contributed by atoms with Crippen molar-refractivity contribution in [2.75, 3.05) is 7.11 Å². The normalized spacial score (nSPS) is 13.5. The number of nitrogens with two attached hydrogens (primary N) is 1. The molecule has 16 heavy (non-hydrogen) atoms. The van der Waals surface area contributed by atoms with Gasteiger partial charge in [0.05, 0.1) is 13.2 Å². The number of primary sulfonamides is 1. The summed E-state index contributed by atoms with van der Waals surface area (Å²) in [6, 6.07) is 4.64. The third-order valence-corrected chi connectivity index (χ3v) is 3.00. The lowest BCUT2D eigenvalue weighted by molar-refractivity contribution is 0.195. The molecule has 0 spiro atoms. The van der Waals surface area contributed by atoms with E-state index < -0.39 is 16.1 Å². The smallest absolute Gasteiger partial charge is 0.241 e. The van der Waals surface area contributed by atoms with Crippen molar-refractivity contribution in [3.05, 3.63) is 23.8 Å². The summed E-state index contributed by atoms with van der Waals surface area (Å²) < 4.78 is 27.5. The van der Waals surface area contributed by atoms with E-state index in [4.69, 9.17) is 9.88 Å². The molecule has 5 nitrogen and oxygen atoms in total. The van der Waals surface area contributed by atoms with E-state index in [2.05, 4.69) is 0 Å². The van der Waals surface area contributed by atoms with Gasteiger partial charge in [-0.05, 0) is 31.0 Å². The fourth-order valence-electron chi connectivity index (χ4n) is 1.41. The Hall–Kier alpha value is -1.11. The van der Waals surface area contributed by atoms with Crippen LogP contribution in [-0.2, 0) is 16.4 Å². The number of hydrogen-bond donors (Lipinski definition) is 2. The molecule has 0 radical (unpaired) electrons. The van der Waals surface area contributed by atoms with E-state index >= 15 is 0 Å². The monoisotopic (exact) mass is 245 g/mol. The lowest BCUT2D eigenvalue weighted by atomic mass is 10.1. The Bertz CT molecular complexity index is 468. The summed E-state index contributed by atoms with van der Waals surface area (Å²) in [5.41, 5.74) is 0.694. The van der Waals surface area contributed by atoms with E-state index in [0.717, 1.165) is 0 Å². The lowest BCUT2D eigenvalue weighted by Crippen LogP contribution is -2.14. The highest BCUT2D eigenvalue weighted by Gasteiger charge is 2.15. The molecule has 6 heteroatoms. The van der Waals surface area contributed by atoms with Crippen molar-refractivity contribution in [3.8, 4) is 5.75 Å². The third-order valence-electron chi connectivity index (χ3n) is 2.07. The Morgan fingerprint density at radius 3 is 2.56 bits per heavy atom. The zero-order valence-corrected chi connectivity index (χ0v) is 9.99. The first-order valence-corrected chi connectivity index (χ1v) is 6.27. The molecule has 1 aromatic rings. The second-order valence-electron chi connectivity index (χ2n) is 3.58. The maximum absolute atomic E-state index is 11.3. The van der Waals surface area contributed by atoms with Gasteiger partial charge in [-0.3, -0.25) is 0 Å². The molecule has 0 fully saturated rings. The Labute approximate surface area is 94.9 Å². The van der Waals surface area contributed by atoms with E-state index in [0.29, 0.717) is 12.0 Å². The zero-order chi connectivity index (χ0) is 12.3. The van der Waals surface area contributed by atoms with Crippen molar-refractivity contribution in [2.24, 2.45) is 5.14 Å². The van der Waals surface area contributed by atoms with Gasteiger partial charge in [-0.2, -0.15) is 0 Å². The summed E-state index contributed by atoms with van der Waals surface area (Å²) in [5, 5.41) is 14.3. The van der Waals surface area contributed by atoms with Gasteiger partial charge in [0.2, 0.25) is 10.0 Å². The second kappa shape index (κ2) is 4.82. The molecule has 0 heterocycles. The van der Waals surface area contributed by atoms with Crippen LogP contribution in [0.4, 0.5) is 0 Å². The Balaban J connectivity index is 3.22. The van der Waals surface area contributed by atoms with Crippen molar-refractivity contribution in [3.63, 3.8) is 0 Å². The first-order chi connectivity index (χ1) is 7.34. The molecule has 0 amide bonds. The summed E-state index contributed by atoms with van der Waals surface area (Å²) in [4.78, 5) is -0.0619. The van der Waals surface area contributed by atoms with E-state index in [1.807, 2.05) is 0 Å². The number of sulfonamides is 1. The van der Waals surface area contributed by atoms with E-state index in [1.165, 1.54) is 19.2 Å². The van der Waals surface area contributed by atoms with Crippen LogP contribution in [0.2, 0.25) is 0 Å². The van der Waals surface area contributed by atoms with Crippen LogP contribution >= 0.6 is 0 Å². The van der Waals surface area contributed by atoms with Gasteiger partial charge in [0.1, 0.15) is 10.6 Å². The molecule has 0 aromatic heterocycles. The number of methoxy groups -OCH3 is 1. The topological polar surface area (TPSA) is 89.6 Å². The highest BCUT2D eigenvalue weighted by atomic mass is 32.2. The van der Waals surface area contributed by atoms with Crippen LogP contribution in [0.15, 0.2) is 23.1 Å². The molecule has 1 aromatic carbocycles.